The standard InChI is InChI=1S/C18H21F3N2O2/c1-11(24)22-13-8-9-16(18(19,20)21)23(10-13)17(25)15-7-3-5-12-4-2-6-14(12)15/h3,5,7,13,16H,2,4,6,8-10H2,1H3,(H,22,24)/t13-,16+/m0/s1. The molecule has 3 rings (SSSR count). The number of piperidine rings is 1. The molecule has 136 valence electrons. The minimum atomic E-state index is -4.48. The Hall–Kier alpha value is -2.05. The zero-order valence-electron chi connectivity index (χ0n) is 14.0. The van der Waals surface area contributed by atoms with E-state index >= 15 is 0 Å². The minimum absolute atomic E-state index is 0.119. The van der Waals surface area contributed by atoms with Gasteiger partial charge in [-0.3, -0.25) is 9.59 Å². The van der Waals surface area contributed by atoms with Crippen molar-refractivity contribution in [1.82, 2.24) is 10.2 Å². The van der Waals surface area contributed by atoms with Gasteiger partial charge >= 0.3 is 6.18 Å². The van der Waals surface area contributed by atoms with E-state index in [0.29, 0.717) is 5.56 Å². The van der Waals surface area contributed by atoms with Crippen molar-refractivity contribution in [3.8, 4) is 0 Å². The van der Waals surface area contributed by atoms with E-state index in [0.717, 1.165) is 35.3 Å². The monoisotopic (exact) mass is 354 g/mol. The molecule has 7 heteroatoms. The summed E-state index contributed by atoms with van der Waals surface area (Å²) in [6.45, 7) is 1.21. The van der Waals surface area contributed by atoms with Crippen LogP contribution in [0, 0.1) is 0 Å². The average molecular weight is 354 g/mol. The molecule has 0 bridgehead atoms. The molecule has 1 heterocycles. The Morgan fingerprint density at radius 3 is 2.64 bits per heavy atom. The fraction of sp³-hybridized carbons (Fsp3) is 0.556. The molecule has 4 nitrogen and oxygen atoms in total. The van der Waals surface area contributed by atoms with Crippen molar-refractivity contribution in [2.75, 3.05) is 6.54 Å². The first kappa shape index (κ1) is 17.8. The van der Waals surface area contributed by atoms with Crippen LogP contribution in [0.1, 0.15) is 47.7 Å². The Kier molecular flexibility index (Phi) is 4.75. The summed E-state index contributed by atoms with van der Waals surface area (Å²) in [4.78, 5) is 25.1. The maximum absolute atomic E-state index is 13.4. The fourth-order valence-electron chi connectivity index (χ4n) is 3.92. The van der Waals surface area contributed by atoms with E-state index in [1.807, 2.05) is 6.07 Å². The van der Waals surface area contributed by atoms with E-state index in [1.165, 1.54) is 6.92 Å². The van der Waals surface area contributed by atoms with Gasteiger partial charge in [0.2, 0.25) is 5.91 Å². The van der Waals surface area contributed by atoms with Crippen molar-refractivity contribution in [3.05, 3.63) is 34.9 Å². The summed E-state index contributed by atoms with van der Waals surface area (Å²) in [6, 6.07) is 3.02. The molecule has 0 unspecified atom stereocenters. The number of nitrogens with zero attached hydrogens (tertiary/aromatic N) is 1. The lowest BCUT2D eigenvalue weighted by Gasteiger charge is -2.40. The summed E-state index contributed by atoms with van der Waals surface area (Å²) in [7, 11) is 0. The van der Waals surface area contributed by atoms with Crippen LogP contribution >= 0.6 is 0 Å². The number of likely N-dealkylation sites (tertiary alicyclic amines) is 1. The first-order valence-electron chi connectivity index (χ1n) is 8.53. The maximum Gasteiger partial charge on any atom is 0.408 e. The SMILES string of the molecule is CC(=O)N[C@H]1CC[C@H](C(F)(F)F)N(C(=O)c2cccc3c2CCC3)C1. The van der Waals surface area contributed by atoms with E-state index in [4.69, 9.17) is 0 Å². The van der Waals surface area contributed by atoms with Gasteiger partial charge in [0.05, 0.1) is 0 Å². The van der Waals surface area contributed by atoms with Crippen molar-refractivity contribution < 1.29 is 22.8 Å². The molecule has 1 aliphatic carbocycles. The molecule has 0 aromatic heterocycles. The number of fused-ring (bicyclic) bond motifs is 1. The lowest BCUT2D eigenvalue weighted by molar-refractivity contribution is -0.184. The smallest absolute Gasteiger partial charge is 0.352 e. The number of hydrogen-bond acceptors (Lipinski definition) is 2. The number of halogens is 3. The van der Waals surface area contributed by atoms with Gasteiger partial charge in [-0.05, 0) is 49.3 Å². The van der Waals surface area contributed by atoms with E-state index in [1.54, 1.807) is 12.1 Å². The van der Waals surface area contributed by atoms with Crippen molar-refractivity contribution >= 4 is 11.8 Å². The predicted octanol–water partition coefficient (Wildman–Crippen LogP) is 2.85. The highest BCUT2D eigenvalue weighted by molar-refractivity contribution is 5.96. The van der Waals surface area contributed by atoms with Gasteiger partial charge in [-0.15, -0.1) is 0 Å². The lowest BCUT2D eigenvalue weighted by Crippen LogP contribution is -2.58. The number of alkyl halides is 3. The van der Waals surface area contributed by atoms with Crippen LogP contribution in [-0.4, -0.2) is 41.5 Å². The fourth-order valence-corrected chi connectivity index (χ4v) is 3.92. The summed E-state index contributed by atoms with van der Waals surface area (Å²) in [5.74, 6) is -0.889. The molecular weight excluding hydrogens is 333 g/mol. The second kappa shape index (κ2) is 6.69. The topological polar surface area (TPSA) is 49.4 Å². The number of amides is 2. The third-order valence-corrected chi connectivity index (χ3v) is 5.00. The third kappa shape index (κ3) is 3.65. The van der Waals surface area contributed by atoms with E-state index in [9.17, 15) is 22.8 Å². The molecule has 25 heavy (non-hydrogen) atoms. The summed E-state index contributed by atoms with van der Waals surface area (Å²) in [6.07, 6.45) is -1.98. The lowest BCUT2D eigenvalue weighted by atomic mass is 9.95. The summed E-state index contributed by atoms with van der Waals surface area (Å²) < 4.78 is 40.3. The van der Waals surface area contributed by atoms with Crippen LogP contribution in [0.3, 0.4) is 0 Å². The summed E-state index contributed by atoms with van der Waals surface area (Å²) in [5, 5.41) is 2.64. The van der Waals surface area contributed by atoms with Crippen molar-refractivity contribution in [2.24, 2.45) is 0 Å². The highest BCUT2D eigenvalue weighted by Crippen LogP contribution is 2.34. The van der Waals surface area contributed by atoms with Crippen LogP contribution in [0.25, 0.3) is 0 Å². The molecule has 0 saturated carbocycles. The Labute approximate surface area is 144 Å². The number of carbonyl (C=O) groups excluding carboxylic acids is 2. The van der Waals surface area contributed by atoms with Gasteiger partial charge in [0.1, 0.15) is 6.04 Å². The maximum atomic E-state index is 13.4. The predicted molar refractivity (Wildman–Crippen MR) is 86.2 cm³/mol. The van der Waals surface area contributed by atoms with Crippen LogP contribution in [0.2, 0.25) is 0 Å². The van der Waals surface area contributed by atoms with Crippen LogP contribution in [0.5, 0.6) is 0 Å². The van der Waals surface area contributed by atoms with Crippen LogP contribution in [0.15, 0.2) is 18.2 Å². The number of hydrogen-bond donors (Lipinski definition) is 1. The first-order chi connectivity index (χ1) is 11.8. The molecular formula is C18H21F3N2O2. The third-order valence-electron chi connectivity index (χ3n) is 5.00. The van der Waals surface area contributed by atoms with E-state index in [2.05, 4.69) is 5.32 Å². The summed E-state index contributed by atoms with van der Waals surface area (Å²) >= 11 is 0. The van der Waals surface area contributed by atoms with Gasteiger partial charge in [-0.1, -0.05) is 12.1 Å². The normalized spacial score (nSPS) is 23.3. The van der Waals surface area contributed by atoms with E-state index < -0.39 is 24.2 Å². The molecule has 0 spiro atoms. The largest absolute Gasteiger partial charge is 0.408 e. The molecule has 1 aromatic rings. The molecule has 2 amide bonds. The Balaban J connectivity index is 1.90. The molecule has 1 fully saturated rings. The highest BCUT2D eigenvalue weighted by atomic mass is 19.4. The number of rotatable bonds is 2. The van der Waals surface area contributed by atoms with Crippen molar-refractivity contribution in [3.63, 3.8) is 0 Å². The van der Waals surface area contributed by atoms with Gasteiger partial charge in [-0.2, -0.15) is 13.2 Å². The molecule has 1 aromatic carbocycles. The molecule has 2 atom stereocenters. The number of nitrogens with one attached hydrogen (secondary N) is 1. The van der Waals surface area contributed by atoms with E-state index in [-0.39, 0.29) is 25.3 Å². The van der Waals surface area contributed by atoms with Crippen molar-refractivity contribution in [2.45, 2.75) is 57.3 Å². The first-order valence-corrected chi connectivity index (χ1v) is 8.53. The van der Waals surface area contributed by atoms with Gasteiger partial charge in [0.25, 0.3) is 5.91 Å². The molecule has 1 N–H and O–H groups in total. The second-order valence-electron chi connectivity index (χ2n) is 6.79. The van der Waals surface area contributed by atoms with Gasteiger partial charge in [0, 0.05) is 25.1 Å². The summed E-state index contributed by atoms with van der Waals surface area (Å²) in [5.41, 5.74) is 2.28. The minimum Gasteiger partial charge on any atom is -0.352 e. The Morgan fingerprint density at radius 2 is 1.96 bits per heavy atom. The zero-order valence-corrected chi connectivity index (χ0v) is 14.0. The van der Waals surface area contributed by atoms with Crippen LogP contribution < -0.4 is 5.32 Å². The number of carbonyl (C=O) groups is 2. The Morgan fingerprint density at radius 1 is 1.20 bits per heavy atom. The van der Waals surface area contributed by atoms with Crippen LogP contribution in [-0.2, 0) is 17.6 Å². The average Bonchev–Trinajstić information content (AvgIpc) is 3.01. The second-order valence-corrected chi connectivity index (χ2v) is 6.79. The van der Waals surface area contributed by atoms with Gasteiger partial charge < -0.3 is 10.2 Å². The van der Waals surface area contributed by atoms with Gasteiger partial charge in [0.15, 0.2) is 0 Å². The molecule has 1 saturated heterocycles. The molecule has 2 aliphatic rings. The van der Waals surface area contributed by atoms with Crippen LogP contribution in [0.4, 0.5) is 13.2 Å². The van der Waals surface area contributed by atoms with Crippen molar-refractivity contribution in [1.29, 1.82) is 0 Å². The zero-order chi connectivity index (χ0) is 18.2. The molecule has 0 radical (unpaired) electrons. The number of aryl methyl sites for hydroxylation is 1. The Bertz CT molecular complexity index is 687. The molecule has 1 aliphatic heterocycles. The van der Waals surface area contributed by atoms with Gasteiger partial charge in [-0.25, -0.2) is 0 Å². The quantitative estimate of drug-likeness (QED) is 0.888. The number of benzene rings is 1. The highest BCUT2D eigenvalue weighted by Gasteiger charge is 2.48.